The van der Waals surface area contributed by atoms with Crippen molar-refractivity contribution in [2.45, 2.75) is 70.9 Å². The van der Waals surface area contributed by atoms with E-state index in [2.05, 4.69) is 24.1 Å². The van der Waals surface area contributed by atoms with Gasteiger partial charge in [0.2, 0.25) is 0 Å². The maximum absolute atomic E-state index is 3.79. The van der Waals surface area contributed by atoms with E-state index in [-0.39, 0.29) is 0 Å². The molecule has 0 aromatic rings. The zero-order chi connectivity index (χ0) is 12.6. The van der Waals surface area contributed by atoms with Crippen molar-refractivity contribution >= 4 is 0 Å². The molecule has 2 saturated carbocycles. The van der Waals surface area contributed by atoms with Gasteiger partial charge in [0.15, 0.2) is 0 Å². The molecule has 1 saturated heterocycles. The van der Waals surface area contributed by atoms with Gasteiger partial charge in [0, 0.05) is 12.1 Å². The fourth-order valence-corrected chi connectivity index (χ4v) is 4.06. The van der Waals surface area contributed by atoms with E-state index in [1.54, 1.807) is 0 Å². The molecular weight excluding hydrogens is 220 g/mol. The molecule has 1 heterocycles. The van der Waals surface area contributed by atoms with Crippen LogP contribution in [-0.2, 0) is 0 Å². The van der Waals surface area contributed by atoms with E-state index >= 15 is 0 Å². The highest BCUT2D eigenvalue weighted by atomic mass is 15.2. The summed E-state index contributed by atoms with van der Waals surface area (Å²) in [4.78, 5) is 2.79. The molecule has 0 aromatic heterocycles. The maximum Gasteiger partial charge on any atom is 0.0146 e. The van der Waals surface area contributed by atoms with Crippen LogP contribution in [0.4, 0.5) is 0 Å². The zero-order valence-electron chi connectivity index (χ0n) is 12.3. The van der Waals surface area contributed by atoms with Crippen LogP contribution < -0.4 is 5.32 Å². The quantitative estimate of drug-likeness (QED) is 0.825. The average Bonchev–Trinajstić information content (AvgIpc) is 3.11. The lowest BCUT2D eigenvalue weighted by atomic mass is 9.85. The lowest BCUT2D eigenvalue weighted by Gasteiger charge is -2.42. The van der Waals surface area contributed by atoms with E-state index in [0.717, 1.165) is 18.0 Å². The highest BCUT2D eigenvalue weighted by Gasteiger charge is 2.39. The Bertz CT molecular complexity index is 275. The Labute approximate surface area is 113 Å². The lowest BCUT2D eigenvalue weighted by Crippen LogP contribution is -2.49. The first-order chi connectivity index (χ1) is 8.65. The molecular formula is C16H30N2. The van der Waals surface area contributed by atoms with Crippen molar-refractivity contribution in [3.63, 3.8) is 0 Å². The number of likely N-dealkylation sites (tertiary alicyclic amines) is 1. The highest BCUT2D eigenvalue weighted by molar-refractivity contribution is 4.94. The van der Waals surface area contributed by atoms with Crippen LogP contribution in [0.25, 0.3) is 0 Å². The van der Waals surface area contributed by atoms with Crippen LogP contribution in [0.15, 0.2) is 0 Å². The second-order valence-corrected chi connectivity index (χ2v) is 7.56. The fourth-order valence-electron chi connectivity index (χ4n) is 4.06. The molecule has 104 valence electrons. The molecule has 1 N–H and O–H groups in total. The van der Waals surface area contributed by atoms with Gasteiger partial charge in [-0.25, -0.2) is 0 Å². The average molecular weight is 250 g/mol. The standard InChI is InChI=1S/C16H30N2/c1-16(2)9-3-4-15(16)18-10-7-14(8-11-18)17-12-13-5-6-13/h13-15,17H,3-12H2,1-2H3. The number of hydrogen-bond acceptors (Lipinski definition) is 2. The molecule has 1 atom stereocenters. The van der Waals surface area contributed by atoms with E-state index in [9.17, 15) is 0 Å². The zero-order valence-corrected chi connectivity index (χ0v) is 12.3. The summed E-state index contributed by atoms with van der Waals surface area (Å²) >= 11 is 0. The Balaban J connectivity index is 1.44. The third-order valence-corrected chi connectivity index (χ3v) is 5.56. The van der Waals surface area contributed by atoms with E-state index in [1.807, 2.05) is 0 Å². The van der Waals surface area contributed by atoms with Crippen molar-refractivity contribution < 1.29 is 0 Å². The first-order valence-electron chi connectivity index (χ1n) is 8.12. The van der Waals surface area contributed by atoms with Gasteiger partial charge in [-0.3, -0.25) is 4.90 Å². The molecule has 2 heteroatoms. The Kier molecular flexibility index (Phi) is 3.68. The minimum absolute atomic E-state index is 0.564. The minimum atomic E-state index is 0.564. The summed E-state index contributed by atoms with van der Waals surface area (Å²) in [5.41, 5.74) is 0.564. The van der Waals surface area contributed by atoms with E-state index < -0.39 is 0 Å². The predicted molar refractivity (Wildman–Crippen MR) is 76.7 cm³/mol. The van der Waals surface area contributed by atoms with Crippen molar-refractivity contribution in [1.82, 2.24) is 10.2 Å². The summed E-state index contributed by atoms with van der Waals surface area (Å²) in [7, 11) is 0. The Morgan fingerprint density at radius 2 is 1.78 bits per heavy atom. The first kappa shape index (κ1) is 12.9. The molecule has 3 fully saturated rings. The van der Waals surface area contributed by atoms with Crippen LogP contribution in [0, 0.1) is 11.3 Å². The van der Waals surface area contributed by atoms with Gasteiger partial charge in [0.25, 0.3) is 0 Å². The molecule has 2 aliphatic carbocycles. The Hall–Kier alpha value is -0.0800. The van der Waals surface area contributed by atoms with Crippen LogP contribution in [0.1, 0.15) is 58.8 Å². The second-order valence-electron chi connectivity index (χ2n) is 7.56. The van der Waals surface area contributed by atoms with E-state index in [1.165, 1.54) is 64.6 Å². The van der Waals surface area contributed by atoms with Crippen LogP contribution in [0.5, 0.6) is 0 Å². The molecule has 0 aromatic carbocycles. The molecule has 18 heavy (non-hydrogen) atoms. The molecule has 2 nitrogen and oxygen atoms in total. The lowest BCUT2D eigenvalue weighted by molar-refractivity contribution is 0.0818. The largest absolute Gasteiger partial charge is 0.314 e. The minimum Gasteiger partial charge on any atom is -0.314 e. The van der Waals surface area contributed by atoms with Crippen LogP contribution >= 0.6 is 0 Å². The number of piperidine rings is 1. The Morgan fingerprint density at radius 1 is 1.06 bits per heavy atom. The van der Waals surface area contributed by atoms with E-state index in [4.69, 9.17) is 0 Å². The van der Waals surface area contributed by atoms with Crippen molar-refractivity contribution in [2.75, 3.05) is 19.6 Å². The molecule has 1 aliphatic heterocycles. The van der Waals surface area contributed by atoms with Crippen LogP contribution in [-0.4, -0.2) is 36.6 Å². The van der Waals surface area contributed by atoms with Gasteiger partial charge in [-0.2, -0.15) is 0 Å². The second kappa shape index (κ2) is 5.13. The maximum atomic E-state index is 3.79. The van der Waals surface area contributed by atoms with Gasteiger partial charge >= 0.3 is 0 Å². The fraction of sp³-hybridized carbons (Fsp3) is 1.00. The van der Waals surface area contributed by atoms with Gasteiger partial charge in [-0.15, -0.1) is 0 Å². The summed E-state index contributed by atoms with van der Waals surface area (Å²) in [6, 6.07) is 1.67. The molecule has 0 spiro atoms. The van der Waals surface area contributed by atoms with Gasteiger partial charge in [-0.1, -0.05) is 20.3 Å². The van der Waals surface area contributed by atoms with Crippen molar-refractivity contribution in [1.29, 1.82) is 0 Å². The predicted octanol–water partition coefficient (Wildman–Crippen LogP) is 3.03. The summed E-state index contributed by atoms with van der Waals surface area (Å²) in [5.74, 6) is 1.02. The summed E-state index contributed by atoms with van der Waals surface area (Å²) in [6.45, 7) is 8.90. The van der Waals surface area contributed by atoms with Gasteiger partial charge in [-0.05, 0) is 69.5 Å². The SMILES string of the molecule is CC1(C)CCCC1N1CCC(NCC2CC2)CC1. The van der Waals surface area contributed by atoms with Crippen molar-refractivity contribution in [2.24, 2.45) is 11.3 Å². The van der Waals surface area contributed by atoms with Crippen molar-refractivity contribution in [3.05, 3.63) is 0 Å². The third-order valence-electron chi connectivity index (χ3n) is 5.56. The van der Waals surface area contributed by atoms with Crippen molar-refractivity contribution in [3.8, 4) is 0 Å². The summed E-state index contributed by atoms with van der Waals surface area (Å²) in [5, 5.41) is 3.79. The molecule has 1 unspecified atom stereocenters. The van der Waals surface area contributed by atoms with Crippen LogP contribution in [0.2, 0.25) is 0 Å². The molecule has 0 bridgehead atoms. The number of nitrogens with zero attached hydrogens (tertiary/aromatic N) is 1. The van der Waals surface area contributed by atoms with E-state index in [0.29, 0.717) is 5.41 Å². The smallest absolute Gasteiger partial charge is 0.0146 e. The number of nitrogens with one attached hydrogen (secondary N) is 1. The highest BCUT2D eigenvalue weighted by Crippen LogP contribution is 2.41. The molecule has 3 rings (SSSR count). The first-order valence-corrected chi connectivity index (χ1v) is 8.12. The topological polar surface area (TPSA) is 15.3 Å². The molecule has 3 aliphatic rings. The third kappa shape index (κ3) is 2.91. The normalized spacial score (nSPS) is 34.0. The molecule has 0 amide bonds. The number of rotatable bonds is 4. The summed E-state index contributed by atoms with van der Waals surface area (Å²) in [6.07, 6.45) is 10.0. The summed E-state index contributed by atoms with van der Waals surface area (Å²) < 4.78 is 0. The monoisotopic (exact) mass is 250 g/mol. The Morgan fingerprint density at radius 3 is 2.33 bits per heavy atom. The van der Waals surface area contributed by atoms with Crippen LogP contribution in [0.3, 0.4) is 0 Å². The number of hydrogen-bond donors (Lipinski definition) is 1. The van der Waals surface area contributed by atoms with Gasteiger partial charge in [0.05, 0.1) is 0 Å². The molecule has 0 radical (unpaired) electrons. The van der Waals surface area contributed by atoms with Gasteiger partial charge < -0.3 is 5.32 Å². The van der Waals surface area contributed by atoms with Gasteiger partial charge in [0.1, 0.15) is 0 Å².